The molecule has 1 rings (SSSR count). The second-order valence-electron chi connectivity index (χ2n) is 5.85. The third-order valence-corrected chi connectivity index (χ3v) is 3.06. The molecule has 6 heteroatoms. The van der Waals surface area contributed by atoms with E-state index in [1.165, 1.54) is 0 Å². The molecule has 1 aliphatic heterocycles. The summed E-state index contributed by atoms with van der Waals surface area (Å²) in [5.41, 5.74) is -0.544. The number of carbonyl (C=O) groups is 2. The molecule has 0 aromatic carbocycles. The fraction of sp³-hybridized carbons (Fsp3) is 0.846. The quantitative estimate of drug-likeness (QED) is 0.847. The Balaban J connectivity index is 2.63. The van der Waals surface area contributed by atoms with Crippen LogP contribution >= 0.6 is 0 Å². The third kappa shape index (κ3) is 5.06. The van der Waals surface area contributed by atoms with Gasteiger partial charge in [0, 0.05) is 26.1 Å². The Labute approximate surface area is 113 Å². The summed E-state index contributed by atoms with van der Waals surface area (Å²) in [6, 6.07) is 0. The highest BCUT2D eigenvalue weighted by Gasteiger charge is 2.34. The van der Waals surface area contributed by atoms with Gasteiger partial charge in [-0.15, -0.1) is 0 Å². The van der Waals surface area contributed by atoms with E-state index in [2.05, 4.69) is 0 Å². The van der Waals surface area contributed by atoms with E-state index in [1.807, 2.05) is 20.8 Å². The molecule has 2 atom stereocenters. The summed E-state index contributed by atoms with van der Waals surface area (Å²) < 4.78 is 10.6. The van der Waals surface area contributed by atoms with Crippen LogP contribution in [0.3, 0.4) is 0 Å². The lowest BCUT2D eigenvalue weighted by Gasteiger charge is -2.37. The average molecular weight is 273 g/mol. The van der Waals surface area contributed by atoms with Gasteiger partial charge < -0.3 is 19.5 Å². The number of hydrogen-bond acceptors (Lipinski definition) is 4. The zero-order valence-electron chi connectivity index (χ0n) is 12.0. The van der Waals surface area contributed by atoms with Gasteiger partial charge in [-0.1, -0.05) is 0 Å². The van der Waals surface area contributed by atoms with Gasteiger partial charge in [0.2, 0.25) is 0 Å². The van der Waals surface area contributed by atoms with Gasteiger partial charge >= 0.3 is 12.1 Å². The number of carboxylic acid groups (broad SMARTS) is 1. The number of methoxy groups -OCH3 is 1. The summed E-state index contributed by atoms with van der Waals surface area (Å²) in [4.78, 5) is 24.4. The van der Waals surface area contributed by atoms with Crippen molar-refractivity contribution in [3.8, 4) is 0 Å². The fourth-order valence-corrected chi connectivity index (χ4v) is 2.23. The molecule has 0 bridgehead atoms. The number of ether oxygens (including phenoxy) is 2. The van der Waals surface area contributed by atoms with Crippen LogP contribution in [0.25, 0.3) is 0 Å². The van der Waals surface area contributed by atoms with Crippen molar-refractivity contribution >= 4 is 12.1 Å². The van der Waals surface area contributed by atoms with Crippen LogP contribution in [0.4, 0.5) is 4.79 Å². The second kappa shape index (κ2) is 6.23. The van der Waals surface area contributed by atoms with Crippen molar-refractivity contribution in [2.24, 2.45) is 5.92 Å². The highest BCUT2D eigenvalue weighted by atomic mass is 16.6. The van der Waals surface area contributed by atoms with Crippen molar-refractivity contribution in [1.82, 2.24) is 4.90 Å². The maximum absolute atomic E-state index is 12.0. The number of rotatable bonds is 3. The predicted octanol–water partition coefficient (Wildman–Crippen LogP) is 1.73. The molecule has 1 N–H and O–H groups in total. The number of carbonyl (C=O) groups excluding carboxylic acids is 1. The number of hydrogen-bond donors (Lipinski definition) is 1. The first-order valence-electron chi connectivity index (χ1n) is 6.45. The van der Waals surface area contributed by atoms with Crippen LogP contribution in [0, 0.1) is 5.92 Å². The van der Waals surface area contributed by atoms with Crippen LogP contribution in [0.2, 0.25) is 0 Å². The van der Waals surface area contributed by atoms with Crippen LogP contribution in [0.5, 0.6) is 0 Å². The molecule has 1 fully saturated rings. The molecule has 1 aliphatic rings. The van der Waals surface area contributed by atoms with Crippen molar-refractivity contribution in [1.29, 1.82) is 0 Å². The molecule has 0 aliphatic carbocycles. The smallest absolute Gasteiger partial charge is 0.410 e. The van der Waals surface area contributed by atoms with Crippen LogP contribution in [-0.2, 0) is 14.3 Å². The number of nitrogens with zero attached hydrogens (tertiary/aromatic N) is 1. The van der Waals surface area contributed by atoms with Gasteiger partial charge in [-0.25, -0.2) is 4.79 Å². The van der Waals surface area contributed by atoms with E-state index in [-0.39, 0.29) is 18.4 Å². The summed E-state index contributed by atoms with van der Waals surface area (Å²) in [7, 11) is 1.57. The largest absolute Gasteiger partial charge is 0.481 e. The summed E-state index contributed by atoms with van der Waals surface area (Å²) in [6.45, 7) is 6.31. The Morgan fingerprint density at radius 2 is 2.00 bits per heavy atom. The normalized spacial score (nSPS) is 24.1. The van der Waals surface area contributed by atoms with Gasteiger partial charge in [0.05, 0.1) is 12.5 Å². The Bertz CT molecular complexity index is 336. The number of amides is 1. The van der Waals surface area contributed by atoms with E-state index in [0.717, 1.165) is 0 Å². The molecule has 1 heterocycles. The Kier molecular flexibility index (Phi) is 5.17. The van der Waals surface area contributed by atoms with E-state index in [0.29, 0.717) is 19.5 Å². The molecular weight excluding hydrogens is 250 g/mol. The monoisotopic (exact) mass is 273 g/mol. The van der Waals surface area contributed by atoms with Gasteiger partial charge in [-0.05, 0) is 27.2 Å². The van der Waals surface area contributed by atoms with Crippen molar-refractivity contribution in [2.75, 3.05) is 20.2 Å². The average Bonchev–Trinajstić information content (AvgIpc) is 2.25. The Morgan fingerprint density at radius 1 is 1.37 bits per heavy atom. The van der Waals surface area contributed by atoms with E-state index < -0.39 is 17.7 Å². The minimum Gasteiger partial charge on any atom is -0.481 e. The van der Waals surface area contributed by atoms with Crippen LogP contribution in [0.15, 0.2) is 0 Å². The van der Waals surface area contributed by atoms with Gasteiger partial charge in [0.15, 0.2) is 0 Å². The lowest BCUT2D eigenvalue weighted by Crippen LogP contribution is -2.48. The molecule has 0 saturated carbocycles. The number of likely N-dealkylation sites (tertiary alicyclic amines) is 1. The first kappa shape index (κ1) is 15.8. The zero-order chi connectivity index (χ0) is 14.6. The van der Waals surface area contributed by atoms with Gasteiger partial charge in [-0.2, -0.15) is 0 Å². The summed E-state index contributed by atoms with van der Waals surface area (Å²) in [5.74, 6) is -1.07. The molecule has 1 amide bonds. The van der Waals surface area contributed by atoms with E-state index in [9.17, 15) is 9.59 Å². The van der Waals surface area contributed by atoms with Crippen molar-refractivity contribution in [3.05, 3.63) is 0 Å². The summed E-state index contributed by atoms with van der Waals surface area (Å²) in [5, 5.41) is 8.90. The van der Waals surface area contributed by atoms with Crippen LogP contribution in [0.1, 0.15) is 33.6 Å². The molecule has 0 spiro atoms. The van der Waals surface area contributed by atoms with E-state index >= 15 is 0 Å². The lowest BCUT2D eigenvalue weighted by molar-refractivity contribution is -0.140. The molecular formula is C13H23NO5. The van der Waals surface area contributed by atoms with Crippen LogP contribution < -0.4 is 0 Å². The molecule has 0 aromatic heterocycles. The Morgan fingerprint density at radius 3 is 2.47 bits per heavy atom. The molecule has 2 unspecified atom stereocenters. The maximum atomic E-state index is 12.0. The standard InChI is InChI=1S/C13H23NO5/c1-13(2,3)19-12(17)14-6-5-10(18-4)9(8-14)7-11(15)16/h9-10H,5-8H2,1-4H3,(H,15,16). The fourth-order valence-electron chi connectivity index (χ4n) is 2.23. The van der Waals surface area contributed by atoms with Gasteiger partial charge in [0.1, 0.15) is 5.60 Å². The number of aliphatic carboxylic acids is 1. The minimum absolute atomic E-state index is 0.00218. The van der Waals surface area contributed by atoms with E-state index in [4.69, 9.17) is 14.6 Å². The minimum atomic E-state index is -0.877. The first-order valence-corrected chi connectivity index (χ1v) is 6.45. The SMILES string of the molecule is COC1CCN(C(=O)OC(C)(C)C)CC1CC(=O)O. The first-order chi connectivity index (χ1) is 8.73. The Hall–Kier alpha value is -1.30. The predicted molar refractivity (Wildman–Crippen MR) is 69.0 cm³/mol. The topological polar surface area (TPSA) is 76.1 Å². The third-order valence-electron chi connectivity index (χ3n) is 3.06. The number of carboxylic acids is 1. The molecule has 0 aromatic rings. The zero-order valence-corrected chi connectivity index (χ0v) is 12.0. The summed E-state index contributed by atoms with van der Waals surface area (Å²) in [6.07, 6.45) is 0.123. The van der Waals surface area contributed by atoms with E-state index in [1.54, 1.807) is 12.0 Å². The molecule has 1 saturated heterocycles. The lowest BCUT2D eigenvalue weighted by atomic mass is 9.92. The second-order valence-corrected chi connectivity index (χ2v) is 5.85. The summed E-state index contributed by atoms with van der Waals surface area (Å²) >= 11 is 0. The molecule has 0 radical (unpaired) electrons. The van der Waals surface area contributed by atoms with Crippen molar-refractivity contribution in [2.45, 2.75) is 45.3 Å². The molecule has 19 heavy (non-hydrogen) atoms. The number of piperidine rings is 1. The molecule has 110 valence electrons. The van der Waals surface area contributed by atoms with Crippen molar-refractivity contribution in [3.63, 3.8) is 0 Å². The van der Waals surface area contributed by atoms with Gasteiger partial charge in [-0.3, -0.25) is 4.79 Å². The van der Waals surface area contributed by atoms with Crippen LogP contribution in [-0.4, -0.2) is 54.0 Å². The maximum Gasteiger partial charge on any atom is 0.410 e. The molecule has 6 nitrogen and oxygen atoms in total. The highest BCUT2D eigenvalue weighted by molar-refractivity contribution is 5.69. The van der Waals surface area contributed by atoms with Crippen molar-refractivity contribution < 1.29 is 24.2 Å². The van der Waals surface area contributed by atoms with Gasteiger partial charge in [0.25, 0.3) is 0 Å². The highest BCUT2D eigenvalue weighted by Crippen LogP contribution is 2.24.